The average molecular weight is 333 g/mol. The Morgan fingerprint density at radius 2 is 1.87 bits per heavy atom. The molecule has 2 rings (SSSR count). The minimum atomic E-state index is -0.276. The maximum atomic E-state index is 13.0. The van der Waals surface area contributed by atoms with Crippen LogP contribution in [0.5, 0.6) is 5.75 Å². The van der Waals surface area contributed by atoms with Crippen LogP contribution in [0, 0.1) is 5.82 Å². The molecule has 1 amide bonds. The SMILES string of the molecule is COc1ccccc1SCC(=O)N(C)C(C)c1ccc(F)cc1. The third kappa shape index (κ3) is 4.48. The van der Waals surface area contributed by atoms with Gasteiger partial charge in [-0.25, -0.2) is 4.39 Å². The highest BCUT2D eigenvalue weighted by atomic mass is 32.2. The van der Waals surface area contributed by atoms with Gasteiger partial charge in [-0.05, 0) is 36.8 Å². The maximum absolute atomic E-state index is 13.0. The van der Waals surface area contributed by atoms with Crippen molar-refractivity contribution in [3.8, 4) is 5.75 Å². The minimum absolute atomic E-state index is 0.0118. The van der Waals surface area contributed by atoms with Crippen LogP contribution >= 0.6 is 11.8 Å². The smallest absolute Gasteiger partial charge is 0.233 e. The Labute approximate surface area is 140 Å². The summed E-state index contributed by atoms with van der Waals surface area (Å²) in [6.45, 7) is 1.93. The zero-order valence-electron chi connectivity index (χ0n) is 13.5. The van der Waals surface area contributed by atoms with Gasteiger partial charge < -0.3 is 9.64 Å². The predicted octanol–water partition coefficient (Wildman–Crippen LogP) is 4.15. The second kappa shape index (κ2) is 8.02. The fourth-order valence-corrected chi connectivity index (χ4v) is 3.11. The van der Waals surface area contributed by atoms with E-state index in [0.717, 1.165) is 16.2 Å². The monoisotopic (exact) mass is 333 g/mol. The first kappa shape index (κ1) is 17.3. The lowest BCUT2D eigenvalue weighted by atomic mass is 10.1. The second-order valence-electron chi connectivity index (χ2n) is 5.17. The summed E-state index contributed by atoms with van der Waals surface area (Å²) in [6, 6.07) is 13.7. The van der Waals surface area contributed by atoms with E-state index in [-0.39, 0.29) is 17.8 Å². The van der Waals surface area contributed by atoms with Crippen molar-refractivity contribution in [2.45, 2.75) is 17.9 Å². The average Bonchev–Trinajstić information content (AvgIpc) is 2.59. The zero-order valence-corrected chi connectivity index (χ0v) is 14.3. The lowest BCUT2D eigenvalue weighted by molar-refractivity contribution is -0.128. The normalized spacial score (nSPS) is 11.8. The van der Waals surface area contributed by atoms with Crippen molar-refractivity contribution in [2.75, 3.05) is 19.9 Å². The molecule has 122 valence electrons. The molecule has 0 aliphatic rings. The largest absolute Gasteiger partial charge is 0.496 e. The van der Waals surface area contributed by atoms with Crippen LogP contribution in [-0.2, 0) is 4.79 Å². The van der Waals surface area contributed by atoms with Gasteiger partial charge >= 0.3 is 0 Å². The molecule has 0 saturated heterocycles. The lowest BCUT2D eigenvalue weighted by Gasteiger charge is -2.25. The van der Waals surface area contributed by atoms with Crippen LogP contribution in [-0.4, -0.2) is 30.7 Å². The van der Waals surface area contributed by atoms with Crippen molar-refractivity contribution >= 4 is 17.7 Å². The molecule has 2 aromatic carbocycles. The van der Waals surface area contributed by atoms with E-state index in [9.17, 15) is 9.18 Å². The number of carbonyl (C=O) groups is 1. The first-order valence-electron chi connectivity index (χ1n) is 7.30. The molecule has 0 spiro atoms. The molecule has 0 fully saturated rings. The minimum Gasteiger partial charge on any atom is -0.496 e. The van der Waals surface area contributed by atoms with Crippen molar-refractivity contribution in [1.82, 2.24) is 4.90 Å². The van der Waals surface area contributed by atoms with Crippen molar-refractivity contribution in [3.05, 3.63) is 59.9 Å². The number of benzene rings is 2. The third-order valence-electron chi connectivity index (χ3n) is 3.75. The van der Waals surface area contributed by atoms with Crippen LogP contribution in [0.4, 0.5) is 4.39 Å². The molecular weight excluding hydrogens is 313 g/mol. The first-order chi connectivity index (χ1) is 11.0. The van der Waals surface area contributed by atoms with Gasteiger partial charge in [-0.15, -0.1) is 11.8 Å². The number of carbonyl (C=O) groups excluding carboxylic acids is 1. The van der Waals surface area contributed by atoms with Gasteiger partial charge in [0, 0.05) is 11.9 Å². The van der Waals surface area contributed by atoms with E-state index in [1.54, 1.807) is 31.2 Å². The molecule has 0 N–H and O–H groups in total. The number of methoxy groups -OCH3 is 1. The van der Waals surface area contributed by atoms with Crippen molar-refractivity contribution in [3.63, 3.8) is 0 Å². The summed E-state index contributed by atoms with van der Waals surface area (Å²) >= 11 is 1.45. The van der Waals surface area contributed by atoms with Gasteiger partial charge in [0.15, 0.2) is 0 Å². The van der Waals surface area contributed by atoms with Gasteiger partial charge in [-0.3, -0.25) is 4.79 Å². The Bertz CT molecular complexity index is 660. The molecule has 1 unspecified atom stereocenters. The van der Waals surface area contributed by atoms with E-state index < -0.39 is 0 Å². The molecule has 23 heavy (non-hydrogen) atoms. The number of thioether (sulfide) groups is 1. The molecular formula is C18H20FNO2S. The van der Waals surface area contributed by atoms with Crippen LogP contribution in [0.25, 0.3) is 0 Å². The fraction of sp³-hybridized carbons (Fsp3) is 0.278. The Hall–Kier alpha value is -2.01. The molecule has 5 heteroatoms. The predicted molar refractivity (Wildman–Crippen MR) is 91.3 cm³/mol. The van der Waals surface area contributed by atoms with Crippen LogP contribution in [0.1, 0.15) is 18.5 Å². The Balaban J connectivity index is 1.98. The number of amides is 1. The van der Waals surface area contributed by atoms with E-state index in [0.29, 0.717) is 5.75 Å². The second-order valence-corrected chi connectivity index (χ2v) is 6.19. The molecule has 2 aromatic rings. The van der Waals surface area contributed by atoms with Gasteiger partial charge in [0.2, 0.25) is 5.91 Å². The fourth-order valence-electron chi connectivity index (χ4n) is 2.16. The number of hydrogen-bond donors (Lipinski definition) is 0. The molecule has 0 saturated carbocycles. The molecule has 0 heterocycles. The summed E-state index contributed by atoms with van der Waals surface area (Å²) in [4.78, 5) is 15.0. The van der Waals surface area contributed by atoms with Gasteiger partial charge in [0.25, 0.3) is 0 Å². The van der Waals surface area contributed by atoms with Crippen LogP contribution in [0.15, 0.2) is 53.4 Å². The highest BCUT2D eigenvalue weighted by Crippen LogP contribution is 2.29. The quantitative estimate of drug-likeness (QED) is 0.744. The van der Waals surface area contributed by atoms with Crippen molar-refractivity contribution in [2.24, 2.45) is 0 Å². The summed E-state index contributed by atoms with van der Waals surface area (Å²) in [5.74, 6) is 0.821. The molecule has 3 nitrogen and oxygen atoms in total. The van der Waals surface area contributed by atoms with Crippen molar-refractivity contribution < 1.29 is 13.9 Å². The Morgan fingerprint density at radius 1 is 1.22 bits per heavy atom. The Morgan fingerprint density at radius 3 is 2.52 bits per heavy atom. The Kier molecular flexibility index (Phi) is 6.04. The van der Waals surface area contributed by atoms with E-state index in [1.807, 2.05) is 31.2 Å². The van der Waals surface area contributed by atoms with E-state index in [2.05, 4.69) is 0 Å². The van der Waals surface area contributed by atoms with E-state index in [4.69, 9.17) is 4.74 Å². The lowest BCUT2D eigenvalue weighted by Crippen LogP contribution is -2.31. The molecule has 0 aromatic heterocycles. The summed E-state index contributed by atoms with van der Waals surface area (Å²) in [5, 5.41) is 0. The first-order valence-corrected chi connectivity index (χ1v) is 8.28. The molecule has 0 radical (unpaired) electrons. The third-order valence-corrected chi connectivity index (χ3v) is 4.79. The number of para-hydroxylation sites is 1. The van der Waals surface area contributed by atoms with Crippen molar-refractivity contribution in [1.29, 1.82) is 0 Å². The maximum Gasteiger partial charge on any atom is 0.233 e. The highest BCUT2D eigenvalue weighted by Gasteiger charge is 2.18. The van der Waals surface area contributed by atoms with Crippen LogP contribution in [0.2, 0.25) is 0 Å². The summed E-state index contributed by atoms with van der Waals surface area (Å²) in [7, 11) is 3.38. The molecule has 0 bridgehead atoms. The van der Waals surface area contributed by atoms with Gasteiger partial charge in [0.1, 0.15) is 11.6 Å². The number of halogens is 1. The summed E-state index contributed by atoms with van der Waals surface area (Å²) < 4.78 is 18.3. The number of rotatable bonds is 6. The topological polar surface area (TPSA) is 29.5 Å². The van der Waals surface area contributed by atoms with Crippen LogP contribution in [0.3, 0.4) is 0 Å². The summed E-state index contributed by atoms with van der Waals surface area (Å²) in [6.07, 6.45) is 0. The van der Waals surface area contributed by atoms with Gasteiger partial charge in [-0.1, -0.05) is 24.3 Å². The van der Waals surface area contributed by atoms with Gasteiger partial charge in [-0.2, -0.15) is 0 Å². The molecule has 1 atom stereocenters. The number of ether oxygens (including phenoxy) is 1. The zero-order chi connectivity index (χ0) is 16.8. The standard InChI is InChI=1S/C18H20FNO2S/c1-13(14-8-10-15(19)11-9-14)20(2)18(21)12-23-17-7-5-4-6-16(17)22-3/h4-11,13H,12H2,1-3H3. The molecule has 0 aliphatic heterocycles. The molecule has 0 aliphatic carbocycles. The number of nitrogens with zero attached hydrogens (tertiary/aromatic N) is 1. The summed E-state index contributed by atoms with van der Waals surface area (Å²) in [5.41, 5.74) is 0.907. The van der Waals surface area contributed by atoms with E-state index >= 15 is 0 Å². The highest BCUT2D eigenvalue weighted by molar-refractivity contribution is 8.00. The number of hydrogen-bond acceptors (Lipinski definition) is 3. The van der Waals surface area contributed by atoms with E-state index in [1.165, 1.54) is 23.9 Å². The van der Waals surface area contributed by atoms with Crippen LogP contribution < -0.4 is 4.74 Å². The van der Waals surface area contributed by atoms with Gasteiger partial charge in [0.05, 0.1) is 18.9 Å².